The first-order chi connectivity index (χ1) is 15.8. The van der Waals surface area contributed by atoms with Gasteiger partial charge in [0, 0.05) is 7.05 Å². The topological polar surface area (TPSA) is 58.7 Å². The number of halogens is 6. The van der Waals surface area contributed by atoms with Gasteiger partial charge in [-0.15, -0.1) is 0 Å². The number of alkyl halides is 6. The summed E-state index contributed by atoms with van der Waals surface area (Å²) < 4.78 is 80.1. The summed E-state index contributed by atoms with van der Waals surface area (Å²) in [5.41, 5.74) is 1.86. The molecule has 0 spiro atoms. The fourth-order valence-corrected chi connectivity index (χ4v) is 3.91. The quantitative estimate of drug-likeness (QED) is 0.512. The van der Waals surface area contributed by atoms with Gasteiger partial charge in [0.05, 0.1) is 11.1 Å². The molecule has 176 valence electrons. The van der Waals surface area contributed by atoms with Crippen LogP contribution in [0.25, 0.3) is 11.1 Å². The fourth-order valence-electron chi connectivity index (χ4n) is 3.91. The van der Waals surface area contributed by atoms with Crippen molar-refractivity contribution >= 4 is 11.9 Å². The Morgan fingerprint density at radius 3 is 1.82 bits per heavy atom. The van der Waals surface area contributed by atoms with Gasteiger partial charge in [0.15, 0.2) is 11.5 Å². The second kappa shape index (κ2) is 7.89. The first-order valence-corrected chi connectivity index (χ1v) is 9.93. The number of amides is 1. The van der Waals surface area contributed by atoms with Crippen LogP contribution in [0.5, 0.6) is 0 Å². The molecule has 1 aliphatic heterocycles. The molecule has 10 heteroatoms. The van der Waals surface area contributed by atoms with Gasteiger partial charge in [-0.1, -0.05) is 48.5 Å². The van der Waals surface area contributed by atoms with Crippen LogP contribution in [0, 0.1) is 0 Å². The van der Waals surface area contributed by atoms with E-state index in [2.05, 4.69) is 4.99 Å². The zero-order chi connectivity index (χ0) is 24.9. The van der Waals surface area contributed by atoms with Crippen molar-refractivity contribution in [3.63, 3.8) is 0 Å². The maximum atomic E-state index is 13.3. The van der Waals surface area contributed by atoms with Crippen LogP contribution in [0.1, 0.15) is 22.3 Å². The number of hydrogen-bond donors (Lipinski definition) is 1. The van der Waals surface area contributed by atoms with E-state index in [0.717, 1.165) is 4.90 Å². The number of nitrogens with two attached hydrogens (primary N) is 1. The van der Waals surface area contributed by atoms with Crippen molar-refractivity contribution in [2.75, 3.05) is 7.05 Å². The molecule has 0 saturated heterocycles. The lowest BCUT2D eigenvalue weighted by molar-refractivity contribution is -0.143. The van der Waals surface area contributed by atoms with Gasteiger partial charge in [-0.2, -0.15) is 26.3 Å². The molecule has 3 aromatic rings. The largest absolute Gasteiger partial charge is 0.416 e. The molecule has 1 amide bonds. The molecule has 0 radical (unpaired) electrons. The Bertz CT molecular complexity index is 1250. The van der Waals surface area contributed by atoms with Crippen molar-refractivity contribution in [1.29, 1.82) is 0 Å². The molecule has 0 fully saturated rings. The smallest absolute Gasteiger partial charge is 0.369 e. The summed E-state index contributed by atoms with van der Waals surface area (Å²) >= 11 is 0. The molecule has 3 aromatic carbocycles. The molecule has 1 unspecified atom stereocenters. The molecule has 34 heavy (non-hydrogen) atoms. The minimum Gasteiger partial charge on any atom is -0.369 e. The summed E-state index contributed by atoms with van der Waals surface area (Å²) in [4.78, 5) is 18.8. The third-order valence-corrected chi connectivity index (χ3v) is 5.63. The fraction of sp³-hybridized carbons (Fsp3) is 0.167. The number of rotatable bonds is 3. The lowest BCUT2D eigenvalue weighted by Crippen LogP contribution is -2.41. The standard InChI is InChI=1S/C24H17F6N3O/c1-33-20(34)22(32-21(33)31,16-7-3-2-4-8-16)17-9-5-6-14(10-17)15-11-18(23(25,26)27)13-19(12-15)24(28,29)30/h2-13H,1H3,(H2,31,32). The maximum absolute atomic E-state index is 13.3. The monoisotopic (exact) mass is 477 g/mol. The number of carbonyl (C=O) groups excluding carboxylic acids is 1. The third-order valence-electron chi connectivity index (χ3n) is 5.63. The van der Waals surface area contributed by atoms with E-state index in [1.807, 2.05) is 0 Å². The lowest BCUT2D eigenvalue weighted by atomic mass is 9.81. The van der Waals surface area contributed by atoms with Crippen LogP contribution in [0.15, 0.2) is 77.8 Å². The Labute approximate surface area is 190 Å². The van der Waals surface area contributed by atoms with Crippen LogP contribution in [-0.2, 0) is 22.7 Å². The molecule has 1 aliphatic rings. The van der Waals surface area contributed by atoms with Crippen LogP contribution in [0.4, 0.5) is 26.3 Å². The summed E-state index contributed by atoms with van der Waals surface area (Å²) in [6.07, 6.45) is -9.97. The molecule has 0 saturated carbocycles. The predicted molar refractivity (Wildman–Crippen MR) is 113 cm³/mol. The highest BCUT2D eigenvalue weighted by atomic mass is 19.4. The Kier molecular flexibility index (Phi) is 5.42. The first-order valence-electron chi connectivity index (χ1n) is 9.93. The molecule has 1 heterocycles. The molecule has 2 N–H and O–H groups in total. The van der Waals surface area contributed by atoms with E-state index in [0.29, 0.717) is 17.7 Å². The Morgan fingerprint density at radius 1 is 0.765 bits per heavy atom. The highest BCUT2D eigenvalue weighted by molar-refractivity contribution is 6.09. The van der Waals surface area contributed by atoms with E-state index in [1.54, 1.807) is 30.3 Å². The number of likely N-dealkylation sites (N-methyl/N-ethyl adjacent to an activating group) is 1. The van der Waals surface area contributed by atoms with E-state index in [1.165, 1.54) is 31.3 Å². The van der Waals surface area contributed by atoms with Crippen LogP contribution in [-0.4, -0.2) is 23.8 Å². The zero-order valence-electron chi connectivity index (χ0n) is 17.6. The Balaban J connectivity index is 1.94. The molecule has 4 rings (SSSR count). The van der Waals surface area contributed by atoms with E-state index in [9.17, 15) is 31.1 Å². The highest BCUT2D eigenvalue weighted by Gasteiger charge is 2.49. The number of hydrogen-bond acceptors (Lipinski definition) is 3. The van der Waals surface area contributed by atoms with Gasteiger partial charge in [-0.3, -0.25) is 9.69 Å². The van der Waals surface area contributed by atoms with Crippen molar-refractivity contribution < 1.29 is 31.1 Å². The van der Waals surface area contributed by atoms with Crippen molar-refractivity contribution in [1.82, 2.24) is 4.90 Å². The zero-order valence-corrected chi connectivity index (χ0v) is 17.6. The SMILES string of the molecule is CN1C(=O)C(c2ccccc2)(c2cccc(-c3cc(C(F)(F)F)cc(C(F)(F)F)c3)c2)N=C1N. The van der Waals surface area contributed by atoms with Crippen molar-refractivity contribution in [2.24, 2.45) is 10.7 Å². The third kappa shape index (κ3) is 3.89. The second-order valence-electron chi connectivity index (χ2n) is 7.79. The molecule has 0 aliphatic carbocycles. The molecule has 0 aromatic heterocycles. The summed E-state index contributed by atoms with van der Waals surface area (Å²) in [6.45, 7) is 0. The van der Waals surface area contributed by atoms with Crippen molar-refractivity contribution in [2.45, 2.75) is 17.9 Å². The Morgan fingerprint density at radius 2 is 1.32 bits per heavy atom. The summed E-state index contributed by atoms with van der Waals surface area (Å²) in [6, 6.07) is 15.4. The summed E-state index contributed by atoms with van der Waals surface area (Å²) in [5.74, 6) is -0.578. The Hall–Kier alpha value is -3.82. The summed E-state index contributed by atoms with van der Waals surface area (Å²) in [7, 11) is 1.43. The van der Waals surface area contributed by atoms with Crippen molar-refractivity contribution in [3.8, 4) is 11.1 Å². The number of guanidine groups is 1. The molecule has 1 atom stereocenters. The van der Waals surface area contributed by atoms with E-state index in [4.69, 9.17) is 5.73 Å². The highest BCUT2D eigenvalue weighted by Crippen LogP contribution is 2.42. The van der Waals surface area contributed by atoms with Gasteiger partial charge >= 0.3 is 12.4 Å². The van der Waals surface area contributed by atoms with Gasteiger partial charge in [0.2, 0.25) is 0 Å². The molecular weight excluding hydrogens is 460 g/mol. The number of benzene rings is 3. The van der Waals surface area contributed by atoms with Crippen LogP contribution in [0.2, 0.25) is 0 Å². The first kappa shape index (κ1) is 23.3. The van der Waals surface area contributed by atoms with Gasteiger partial charge in [-0.25, -0.2) is 4.99 Å². The average molecular weight is 477 g/mol. The molecule has 4 nitrogen and oxygen atoms in total. The normalized spacial score (nSPS) is 18.9. The minimum absolute atomic E-state index is 0.0560. The lowest BCUT2D eigenvalue weighted by Gasteiger charge is -2.26. The van der Waals surface area contributed by atoms with Gasteiger partial charge in [-0.05, 0) is 46.5 Å². The summed E-state index contributed by atoms with van der Waals surface area (Å²) in [5, 5.41) is 0. The van der Waals surface area contributed by atoms with Crippen LogP contribution in [0.3, 0.4) is 0 Å². The van der Waals surface area contributed by atoms with Gasteiger partial charge in [0.1, 0.15) is 0 Å². The minimum atomic E-state index is -4.98. The predicted octanol–water partition coefficient (Wildman–Crippen LogP) is 5.42. The number of carbonyl (C=O) groups is 1. The van der Waals surface area contributed by atoms with Crippen LogP contribution >= 0.6 is 0 Å². The number of nitrogens with zero attached hydrogens (tertiary/aromatic N) is 2. The molecule has 0 bridgehead atoms. The second-order valence-corrected chi connectivity index (χ2v) is 7.79. The number of aliphatic imine (C=N–C) groups is 1. The molecular formula is C24H17F6N3O. The van der Waals surface area contributed by atoms with Gasteiger partial charge < -0.3 is 5.73 Å². The van der Waals surface area contributed by atoms with Gasteiger partial charge in [0.25, 0.3) is 5.91 Å². The van der Waals surface area contributed by atoms with E-state index < -0.39 is 34.9 Å². The van der Waals surface area contributed by atoms with E-state index >= 15 is 0 Å². The van der Waals surface area contributed by atoms with Crippen molar-refractivity contribution in [3.05, 3.63) is 95.1 Å². The van der Waals surface area contributed by atoms with E-state index in [-0.39, 0.29) is 28.7 Å². The maximum Gasteiger partial charge on any atom is 0.416 e. The average Bonchev–Trinajstić information content (AvgIpc) is 3.03. The van der Waals surface area contributed by atoms with Crippen LogP contribution < -0.4 is 5.73 Å².